The molecular formula is C25H28N4O3. The van der Waals surface area contributed by atoms with Gasteiger partial charge in [0.05, 0.1) is 24.9 Å². The molecule has 0 saturated heterocycles. The number of carbonyl (C=O) groups excluding carboxylic acids is 2. The summed E-state index contributed by atoms with van der Waals surface area (Å²) in [5, 5.41) is 11.0. The summed E-state index contributed by atoms with van der Waals surface area (Å²) in [6, 6.07) is 19.4. The lowest BCUT2D eigenvalue weighted by Gasteiger charge is -2.15. The highest BCUT2D eigenvalue weighted by Crippen LogP contribution is 2.21. The number of hydrogen-bond donors (Lipinski definition) is 2. The first kappa shape index (κ1) is 21.8. The van der Waals surface area contributed by atoms with Crippen molar-refractivity contribution in [2.24, 2.45) is 0 Å². The molecule has 2 heterocycles. The van der Waals surface area contributed by atoms with Gasteiger partial charge in [-0.1, -0.05) is 48.5 Å². The van der Waals surface area contributed by atoms with Crippen LogP contribution in [-0.4, -0.2) is 40.9 Å². The maximum absolute atomic E-state index is 12.6. The summed E-state index contributed by atoms with van der Waals surface area (Å²) in [7, 11) is 0. The van der Waals surface area contributed by atoms with Crippen molar-refractivity contribution in [2.75, 3.05) is 18.5 Å². The molecule has 1 aliphatic heterocycles. The average molecular weight is 433 g/mol. The van der Waals surface area contributed by atoms with E-state index in [4.69, 9.17) is 4.74 Å². The average Bonchev–Trinajstić information content (AvgIpc) is 3.12. The third-order valence-electron chi connectivity index (χ3n) is 5.55. The molecule has 1 amide bonds. The van der Waals surface area contributed by atoms with Crippen molar-refractivity contribution in [3.8, 4) is 0 Å². The van der Waals surface area contributed by atoms with Crippen LogP contribution in [0, 0.1) is 0 Å². The first-order valence-corrected chi connectivity index (χ1v) is 11.0. The lowest BCUT2D eigenvalue weighted by Crippen LogP contribution is -2.41. The van der Waals surface area contributed by atoms with Crippen LogP contribution in [0.25, 0.3) is 0 Å². The van der Waals surface area contributed by atoms with E-state index in [0.717, 1.165) is 28.9 Å². The maximum Gasteiger partial charge on any atom is 0.356 e. The number of benzene rings is 2. The molecule has 7 heteroatoms. The normalized spacial score (nSPS) is 15.5. The molecule has 0 radical (unpaired) electrons. The summed E-state index contributed by atoms with van der Waals surface area (Å²) in [4.78, 5) is 25.1. The van der Waals surface area contributed by atoms with Gasteiger partial charge in [-0.25, -0.2) is 4.79 Å². The highest BCUT2D eigenvalue weighted by molar-refractivity contribution is 5.96. The van der Waals surface area contributed by atoms with Crippen LogP contribution >= 0.6 is 0 Å². The fraction of sp³-hybridized carbons (Fsp3) is 0.320. The first-order chi connectivity index (χ1) is 15.6. The number of anilines is 1. The minimum atomic E-state index is -0.387. The number of aromatic nitrogens is 2. The summed E-state index contributed by atoms with van der Waals surface area (Å²) in [6.07, 6.45) is 2.17. The number of nitrogens with zero attached hydrogens (tertiary/aromatic N) is 2. The largest absolute Gasteiger partial charge is 0.461 e. The number of fused-ring (bicyclic) bond motifs is 1. The lowest BCUT2D eigenvalue weighted by molar-refractivity contribution is -0.118. The highest BCUT2D eigenvalue weighted by Gasteiger charge is 2.23. The highest BCUT2D eigenvalue weighted by atomic mass is 16.5. The molecule has 1 atom stereocenters. The van der Waals surface area contributed by atoms with Crippen LogP contribution in [0.5, 0.6) is 0 Å². The standard InChI is InChI=1S/C25H28N4O3/c1-2-32-25(31)23-17-20(16-18-8-4-3-5-9-18)28-29(23)15-14-26-22-13-12-19-10-6-7-11-21(19)27-24(22)30/h3-11,17,22,26H,2,12-16H2,1H3,(H,27,30). The van der Waals surface area contributed by atoms with Gasteiger partial charge in [-0.05, 0) is 43.0 Å². The fourth-order valence-electron chi connectivity index (χ4n) is 3.95. The first-order valence-electron chi connectivity index (χ1n) is 11.0. The fourth-order valence-corrected chi connectivity index (χ4v) is 3.95. The quantitative estimate of drug-likeness (QED) is 0.534. The Kier molecular flexibility index (Phi) is 6.97. The minimum Gasteiger partial charge on any atom is -0.461 e. The third kappa shape index (κ3) is 5.23. The summed E-state index contributed by atoms with van der Waals surface area (Å²) >= 11 is 0. The summed E-state index contributed by atoms with van der Waals surface area (Å²) in [6.45, 7) is 3.06. The summed E-state index contributed by atoms with van der Waals surface area (Å²) in [5.41, 5.74) is 4.39. The van der Waals surface area contributed by atoms with Crippen molar-refractivity contribution in [1.29, 1.82) is 0 Å². The Bertz CT molecular complexity index is 1080. The van der Waals surface area contributed by atoms with Crippen LogP contribution in [0.15, 0.2) is 60.7 Å². The second kappa shape index (κ2) is 10.2. The number of aryl methyl sites for hydroxylation is 1. The van der Waals surface area contributed by atoms with Crippen LogP contribution in [-0.2, 0) is 28.9 Å². The number of para-hydroxylation sites is 1. The smallest absolute Gasteiger partial charge is 0.356 e. The van der Waals surface area contributed by atoms with E-state index >= 15 is 0 Å². The van der Waals surface area contributed by atoms with E-state index in [-0.39, 0.29) is 17.9 Å². The Labute approximate surface area is 187 Å². The Hall–Kier alpha value is -3.45. The van der Waals surface area contributed by atoms with Gasteiger partial charge in [-0.3, -0.25) is 9.48 Å². The monoisotopic (exact) mass is 432 g/mol. The summed E-state index contributed by atoms with van der Waals surface area (Å²) in [5.74, 6) is -0.423. The van der Waals surface area contributed by atoms with Crippen molar-refractivity contribution in [2.45, 2.75) is 38.8 Å². The van der Waals surface area contributed by atoms with E-state index in [2.05, 4.69) is 15.7 Å². The predicted molar refractivity (Wildman–Crippen MR) is 123 cm³/mol. The van der Waals surface area contributed by atoms with Gasteiger partial charge >= 0.3 is 5.97 Å². The molecule has 1 unspecified atom stereocenters. The molecule has 0 aliphatic carbocycles. The third-order valence-corrected chi connectivity index (χ3v) is 5.55. The second-order valence-corrected chi connectivity index (χ2v) is 7.82. The second-order valence-electron chi connectivity index (χ2n) is 7.82. The van der Waals surface area contributed by atoms with Gasteiger partial charge in [-0.2, -0.15) is 5.10 Å². The number of nitrogens with one attached hydrogen (secondary N) is 2. The zero-order chi connectivity index (χ0) is 22.3. The Balaban J connectivity index is 1.41. The maximum atomic E-state index is 12.6. The van der Waals surface area contributed by atoms with Gasteiger partial charge in [-0.15, -0.1) is 0 Å². The van der Waals surface area contributed by atoms with Crippen LogP contribution in [0.3, 0.4) is 0 Å². The lowest BCUT2D eigenvalue weighted by atomic mass is 10.1. The van der Waals surface area contributed by atoms with E-state index in [9.17, 15) is 9.59 Å². The van der Waals surface area contributed by atoms with E-state index < -0.39 is 0 Å². The van der Waals surface area contributed by atoms with Gasteiger partial charge in [0.1, 0.15) is 5.69 Å². The number of amides is 1. The molecule has 7 nitrogen and oxygen atoms in total. The molecule has 4 rings (SSSR count). The number of carbonyl (C=O) groups is 2. The Morgan fingerprint density at radius 3 is 2.78 bits per heavy atom. The van der Waals surface area contributed by atoms with E-state index in [1.54, 1.807) is 17.7 Å². The zero-order valence-corrected chi connectivity index (χ0v) is 18.2. The minimum absolute atomic E-state index is 0.0363. The van der Waals surface area contributed by atoms with Crippen LogP contribution in [0.2, 0.25) is 0 Å². The van der Waals surface area contributed by atoms with Gasteiger partial charge in [0.25, 0.3) is 0 Å². The van der Waals surface area contributed by atoms with Crippen LogP contribution < -0.4 is 10.6 Å². The molecule has 32 heavy (non-hydrogen) atoms. The van der Waals surface area contributed by atoms with Gasteiger partial charge in [0, 0.05) is 18.7 Å². The van der Waals surface area contributed by atoms with Crippen molar-refractivity contribution in [1.82, 2.24) is 15.1 Å². The van der Waals surface area contributed by atoms with Gasteiger partial charge < -0.3 is 15.4 Å². The van der Waals surface area contributed by atoms with Crippen molar-refractivity contribution in [3.05, 3.63) is 83.2 Å². The predicted octanol–water partition coefficient (Wildman–Crippen LogP) is 3.19. The van der Waals surface area contributed by atoms with E-state index in [1.807, 2.05) is 54.6 Å². The molecule has 2 N–H and O–H groups in total. The summed E-state index contributed by atoms with van der Waals surface area (Å²) < 4.78 is 6.89. The van der Waals surface area contributed by atoms with E-state index in [0.29, 0.717) is 38.2 Å². The van der Waals surface area contributed by atoms with Crippen molar-refractivity contribution in [3.63, 3.8) is 0 Å². The molecule has 166 valence electrons. The van der Waals surface area contributed by atoms with Gasteiger partial charge in [0.2, 0.25) is 5.91 Å². The topological polar surface area (TPSA) is 85.2 Å². The molecule has 0 fully saturated rings. The van der Waals surface area contributed by atoms with Crippen molar-refractivity contribution >= 4 is 17.6 Å². The molecule has 1 aliphatic rings. The Morgan fingerprint density at radius 2 is 1.97 bits per heavy atom. The zero-order valence-electron chi connectivity index (χ0n) is 18.2. The number of hydrogen-bond acceptors (Lipinski definition) is 5. The van der Waals surface area contributed by atoms with Crippen LogP contribution in [0.1, 0.15) is 40.7 Å². The molecule has 0 spiro atoms. The molecule has 3 aromatic rings. The SMILES string of the molecule is CCOC(=O)c1cc(Cc2ccccc2)nn1CCNC1CCc2ccccc2NC1=O. The Morgan fingerprint density at radius 1 is 1.19 bits per heavy atom. The van der Waals surface area contributed by atoms with Crippen molar-refractivity contribution < 1.29 is 14.3 Å². The number of esters is 1. The molecule has 0 bridgehead atoms. The molecule has 2 aromatic carbocycles. The molecule has 1 aromatic heterocycles. The van der Waals surface area contributed by atoms with Crippen LogP contribution in [0.4, 0.5) is 5.69 Å². The molecular weight excluding hydrogens is 404 g/mol. The van der Waals surface area contributed by atoms with Gasteiger partial charge in [0.15, 0.2) is 0 Å². The molecule has 0 saturated carbocycles. The number of rotatable bonds is 8. The number of ether oxygens (including phenoxy) is 1. The van der Waals surface area contributed by atoms with E-state index in [1.165, 1.54) is 0 Å².